The largest absolute Gasteiger partial charge is 0.492 e. The Bertz CT molecular complexity index is 793. The molecular weight excluding hydrogens is 352 g/mol. The van der Waals surface area contributed by atoms with Gasteiger partial charge < -0.3 is 15.0 Å². The fourth-order valence-electron chi connectivity index (χ4n) is 3.09. The van der Waals surface area contributed by atoms with Gasteiger partial charge in [0.25, 0.3) is 0 Å². The van der Waals surface area contributed by atoms with Crippen LogP contribution in [-0.2, 0) is 4.79 Å². The molecule has 1 aliphatic heterocycles. The van der Waals surface area contributed by atoms with E-state index in [0.29, 0.717) is 49.9 Å². The lowest BCUT2D eigenvalue weighted by Crippen LogP contribution is -2.48. The number of nitrogens with zero attached hydrogens (tertiary/aromatic N) is 2. The second-order valence-corrected chi connectivity index (χ2v) is 6.34. The van der Waals surface area contributed by atoms with Crippen LogP contribution in [0, 0.1) is 11.6 Å². The molecule has 1 aliphatic rings. The third-order valence-electron chi connectivity index (χ3n) is 4.47. The van der Waals surface area contributed by atoms with Crippen molar-refractivity contribution in [1.29, 1.82) is 0 Å². The first-order valence-corrected chi connectivity index (χ1v) is 9.01. The maximum atomic E-state index is 13.4. The number of benzene rings is 2. The average Bonchev–Trinajstić information content (AvgIpc) is 2.66. The SMILES string of the molecule is CCOc1ccccc1NC(=O)CN1CCN(c2ccc(F)c(F)c2)CC1. The van der Waals surface area contributed by atoms with Gasteiger partial charge in [-0.25, -0.2) is 8.78 Å². The molecule has 0 spiro atoms. The Morgan fingerprint density at radius 1 is 1.07 bits per heavy atom. The summed E-state index contributed by atoms with van der Waals surface area (Å²) < 4.78 is 32.0. The zero-order chi connectivity index (χ0) is 19.2. The number of ether oxygens (including phenoxy) is 1. The zero-order valence-electron chi connectivity index (χ0n) is 15.3. The molecule has 0 radical (unpaired) electrons. The van der Waals surface area contributed by atoms with Crippen LogP contribution < -0.4 is 15.0 Å². The molecule has 7 heteroatoms. The fourth-order valence-corrected chi connectivity index (χ4v) is 3.09. The van der Waals surface area contributed by atoms with Gasteiger partial charge in [-0.15, -0.1) is 0 Å². The van der Waals surface area contributed by atoms with Gasteiger partial charge in [-0.3, -0.25) is 9.69 Å². The minimum absolute atomic E-state index is 0.108. The summed E-state index contributed by atoms with van der Waals surface area (Å²) in [4.78, 5) is 16.4. The number of anilines is 2. The number of amides is 1. The van der Waals surface area contributed by atoms with Crippen molar-refractivity contribution >= 4 is 17.3 Å². The van der Waals surface area contributed by atoms with Crippen LogP contribution in [0.1, 0.15) is 6.92 Å². The molecular formula is C20H23F2N3O2. The molecule has 0 saturated carbocycles. The van der Waals surface area contributed by atoms with Crippen LogP contribution in [0.25, 0.3) is 0 Å². The van der Waals surface area contributed by atoms with E-state index in [0.717, 1.165) is 6.07 Å². The van der Waals surface area contributed by atoms with Crippen LogP contribution in [0.15, 0.2) is 42.5 Å². The summed E-state index contributed by atoms with van der Waals surface area (Å²) in [5.41, 5.74) is 1.31. The molecule has 1 fully saturated rings. The molecule has 2 aromatic carbocycles. The normalized spacial score (nSPS) is 14.9. The van der Waals surface area contributed by atoms with Crippen molar-refractivity contribution in [2.75, 3.05) is 49.5 Å². The second-order valence-electron chi connectivity index (χ2n) is 6.34. The first-order valence-electron chi connectivity index (χ1n) is 9.01. The van der Waals surface area contributed by atoms with Gasteiger partial charge in [0.1, 0.15) is 5.75 Å². The molecule has 0 unspecified atom stereocenters. The molecule has 0 bridgehead atoms. The Kier molecular flexibility index (Phi) is 6.24. The number of hydrogen-bond donors (Lipinski definition) is 1. The minimum Gasteiger partial charge on any atom is -0.492 e. The van der Waals surface area contributed by atoms with Gasteiger partial charge in [0, 0.05) is 37.9 Å². The standard InChI is InChI=1S/C20H23F2N3O2/c1-2-27-19-6-4-3-5-18(19)23-20(26)14-24-9-11-25(12-10-24)15-7-8-16(21)17(22)13-15/h3-8,13H,2,9-12,14H2,1H3,(H,23,26). The molecule has 1 amide bonds. The van der Waals surface area contributed by atoms with Gasteiger partial charge in [-0.2, -0.15) is 0 Å². The third-order valence-corrected chi connectivity index (χ3v) is 4.47. The molecule has 144 valence electrons. The van der Waals surface area contributed by atoms with Crippen molar-refractivity contribution in [3.63, 3.8) is 0 Å². The topological polar surface area (TPSA) is 44.8 Å². The molecule has 0 aliphatic carbocycles. The summed E-state index contributed by atoms with van der Waals surface area (Å²) in [5, 5.41) is 2.89. The van der Waals surface area contributed by atoms with Gasteiger partial charge in [0.15, 0.2) is 11.6 Å². The van der Waals surface area contributed by atoms with E-state index >= 15 is 0 Å². The number of piperazine rings is 1. The zero-order valence-corrected chi connectivity index (χ0v) is 15.3. The highest BCUT2D eigenvalue weighted by Crippen LogP contribution is 2.24. The average molecular weight is 375 g/mol. The Morgan fingerprint density at radius 3 is 2.52 bits per heavy atom. The van der Waals surface area contributed by atoms with Crippen molar-refractivity contribution in [2.24, 2.45) is 0 Å². The van der Waals surface area contributed by atoms with Crippen LogP contribution in [0.5, 0.6) is 5.75 Å². The maximum absolute atomic E-state index is 13.4. The van der Waals surface area contributed by atoms with Crippen LogP contribution in [0.3, 0.4) is 0 Å². The quantitative estimate of drug-likeness (QED) is 0.843. The summed E-state index contributed by atoms with van der Waals surface area (Å²) in [5.74, 6) is -1.15. The Morgan fingerprint density at radius 2 is 1.81 bits per heavy atom. The maximum Gasteiger partial charge on any atom is 0.238 e. The lowest BCUT2D eigenvalue weighted by molar-refractivity contribution is -0.117. The molecule has 2 aromatic rings. The van der Waals surface area contributed by atoms with Crippen molar-refractivity contribution < 1.29 is 18.3 Å². The lowest BCUT2D eigenvalue weighted by Gasteiger charge is -2.35. The number of hydrogen-bond acceptors (Lipinski definition) is 4. The number of carbonyl (C=O) groups is 1. The minimum atomic E-state index is -0.846. The molecule has 1 saturated heterocycles. The van der Waals surface area contributed by atoms with E-state index in [2.05, 4.69) is 5.32 Å². The number of rotatable bonds is 6. The molecule has 0 atom stereocenters. The molecule has 27 heavy (non-hydrogen) atoms. The predicted octanol–water partition coefficient (Wildman–Crippen LogP) is 3.12. The van der Waals surface area contributed by atoms with Crippen molar-refractivity contribution in [1.82, 2.24) is 4.90 Å². The van der Waals surface area contributed by atoms with E-state index in [1.807, 2.05) is 41.0 Å². The highest BCUT2D eigenvalue weighted by molar-refractivity contribution is 5.93. The van der Waals surface area contributed by atoms with Crippen LogP contribution in [0.2, 0.25) is 0 Å². The van der Waals surface area contributed by atoms with Crippen molar-refractivity contribution in [3.05, 3.63) is 54.1 Å². The molecule has 1 N–H and O–H groups in total. The first-order chi connectivity index (χ1) is 13.1. The van der Waals surface area contributed by atoms with E-state index in [4.69, 9.17) is 4.74 Å². The van der Waals surface area contributed by atoms with Crippen LogP contribution in [0.4, 0.5) is 20.2 Å². The molecule has 0 aromatic heterocycles. The number of carbonyl (C=O) groups excluding carboxylic acids is 1. The summed E-state index contributed by atoms with van der Waals surface area (Å²) in [6, 6.07) is 11.3. The van der Waals surface area contributed by atoms with Gasteiger partial charge in [-0.1, -0.05) is 12.1 Å². The summed E-state index contributed by atoms with van der Waals surface area (Å²) in [7, 11) is 0. The number of halogens is 2. The second kappa shape index (κ2) is 8.81. The summed E-state index contributed by atoms with van der Waals surface area (Å²) in [6.07, 6.45) is 0. The summed E-state index contributed by atoms with van der Waals surface area (Å²) >= 11 is 0. The van der Waals surface area contributed by atoms with E-state index in [1.54, 1.807) is 6.07 Å². The monoisotopic (exact) mass is 375 g/mol. The van der Waals surface area contributed by atoms with Crippen LogP contribution >= 0.6 is 0 Å². The lowest BCUT2D eigenvalue weighted by atomic mass is 10.2. The van der Waals surface area contributed by atoms with Crippen molar-refractivity contribution in [2.45, 2.75) is 6.92 Å². The first kappa shape index (κ1) is 19.1. The van der Waals surface area contributed by atoms with Crippen molar-refractivity contribution in [3.8, 4) is 5.75 Å². The molecule has 3 rings (SSSR count). The van der Waals surface area contributed by atoms with Gasteiger partial charge in [-0.05, 0) is 31.2 Å². The van der Waals surface area contributed by atoms with E-state index in [-0.39, 0.29) is 12.5 Å². The highest BCUT2D eigenvalue weighted by Gasteiger charge is 2.20. The predicted molar refractivity (Wildman–Crippen MR) is 101 cm³/mol. The van der Waals surface area contributed by atoms with E-state index in [9.17, 15) is 13.6 Å². The Hall–Kier alpha value is -2.67. The number of nitrogens with one attached hydrogen (secondary N) is 1. The molecule has 1 heterocycles. The molecule has 5 nitrogen and oxygen atoms in total. The van der Waals surface area contributed by atoms with E-state index in [1.165, 1.54) is 6.07 Å². The fraction of sp³-hybridized carbons (Fsp3) is 0.350. The Labute approximate surface area is 157 Å². The smallest absolute Gasteiger partial charge is 0.238 e. The third kappa shape index (κ3) is 4.95. The summed E-state index contributed by atoms with van der Waals surface area (Å²) in [6.45, 7) is 5.32. The van der Waals surface area contributed by atoms with E-state index < -0.39 is 11.6 Å². The van der Waals surface area contributed by atoms with Gasteiger partial charge >= 0.3 is 0 Å². The van der Waals surface area contributed by atoms with Gasteiger partial charge in [0.2, 0.25) is 5.91 Å². The Balaban J connectivity index is 1.51. The van der Waals surface area contributed by atoms with Gasteiger partial charge in [0.05, 0.1) is 18.8 Å². The highest BCUT2D eigenvalue weighted by atomic mass is 19.2. The van der Waals surface area contributed by atoms with Crippen LogP contribution in [-0.4, -0.2) is 50.1 Å². The number of para-hydroxylation sites is 2.